The molecule has 0 aliphatic rings. The van der Waals surface area contributed by atoms with E-state index in [-0.39, 0.29) is 5.91 Å². The molecule has 4 heteroatoms. The Morgan fingerprint density at radius 3 is 2.58 bits per heavy atom. The lowest BCUT2D eigenvalue weighted by molar-refractivity contribution is -0.115. The standard InChI is InChI=1S/C15H15ClN2O/c1-10-2-5-12(16)9-14(10)18-15(19)8-11-3-6-13(17)7-4-11/h2-7,9H,8,17H2,1H3,(H,18,19). The third-order valence-corrected chi connectivity index (χ3v) is 3.05. The summed E-state index contributed by atoms with van der Waals surface area (Å²) in [5.41, 5.74) is 8.94. The Bertz CT molecular complexity index is 594. The first-order valence-electron chi connectivity index (χ1n) is 5.95. The number of aryl methyl sites for hydroxylation is 1. The number of carbonyl (C=O) groups excluding carboxylic acids is 1. The molecule has 1 amide bonds. The Balaban J connectivity index is 2.05. The summed E-state index contributed by atoms with van der Waals surface area (Å²) < 4.78 is 0. The van der Waals surface area contributed by atoms with E-state index in [1.54, 1.807) is 24.3 Å². The van der Waals surface area contributed by atoms with Crippen LogP contribution >= 0.6 is 11.6 Å². The molecule has 0 spiro atoms. The van der Waals surface area contributed by atoms with E-state index in [2.05, 4.69) is 5.32 Å². The van der Waals surface area contributed by atoms with Gasteiger partial charge in [0.15, 0.2) is 0 Å². The van der Waals surface area contributed by atoms with E-state index in [9.17, 15) is 4.79 Å². The highest BCUT2D eigenvalue weighted by molar-refractivity contribution is 6.31. The molecule has 0 unspecified atom stereocenters. The van der Waals surface area contributed by atoms with Crippen LogP contribution in [0, 0.1) is 6.92 Å². The number of halogens is 1. The number of hydrogen-bond donors (Lipinski definition) is 2. The van der Waals surface area contributed by atoms with Crippen LogP contribution in [0.4, 0.5) is 11.4 Å². The van der Waals surface area contributed by atoms with Gasteiger partial charge < -0.3 is 11.1 Å². The summed E-state index contributed by atoms with van der Waals surface area (Å²) in [4.78, 5) is 11.9. The minimum absolute atomic E-state index is 0.0739. The predicted molar refractivity (Wildman–Crippen MR) is 79.4 cm³/mol. The van der Waals surface area contributed by atoms with Crippen molar-refractivity contribution in [2.24, 2.45) is 0 Å². The molecule has 0 saturated heterocycles. The molecule has 0 fully saturated rings. The largest absolute Gasteiger partial charge is 0.399 e. The minimum atomic E-state index is -0.0739. The molecule has 2 rings (SSSR count). The molecule has 0 bridgehead atoms. The fourth-order valence-corrected chi connectivity index (χ4v) is 1.92. The van der Waals surface area contributed by atoms with Crippen molar-refractivity contribution in [3.8, 4) is 0 Å². The lowest BCUT2D eigenvalue weighted by Gasteiger charge is -2.09. The first-order valence-corrected chi connectivity index (χ1v) is 6.33. The van der Waals surface area contributed by atoms with E-state index in [4.69, 9.17) is 17.3 Å². The molecule has 2 aromatic carbocycles. The van der Waals surface area contributed by atoms with Gasteiger partial charge in [0.2, 0.25) is 5.91 Å². The van der Waals surface area contributed by atoms with Gasteiger partial charge in [0.1, 0.15) is 0 Å². The molecule has 0 radical (unpaired) electrons. The topological polar surface area (TPSA) is 55.1 Å². The Labute approximate surface area is 117 Å². The minimum Gasteiger partial charge on any atom is -0.399 e. The number of nitrogens with one attached hydrogen (secondary N) is 1. The van der Waals surface area contributed by atoms with Crippen molar-refractivity contribution in [3.63, 3.8) is 0 Å². The van der Waals surface area contributed by atoms with E-state index in [1.807, 2.05) is 25.1 Å². The quantitative estimate of drug-likeness (QED) is 0.843. The first kappa shape index (κ1) is 13.4. The average Bonchev–Trinajstić information content (AvgIpc) is 2.37. The van der Waals surface area contributed by atoms with E-state index in [0.717, 1.165) is 16.8 Å². The number of anilines is 2. The number of nitrogens with two attached hydrogens (primary N) is 1. The van der Waals surface area contributed by atoms with Crippen LogP contribution in [0.2, 0.25) is 5.02 Å². The predicted octanol–water partition coefficient (Wildman–Crippen LogP) is 3.41. The van der Waals surface area contributed by atoms with Crippen molar-refractivity contribution in [1.29, 1.82) is 0 Å². The van der Waals surface area contributed by atoms with Crippen molar-refractivity contribution < 1.29 is 4.79 Å². The Hall–Kier alpha value is -2.00. The zero-order valence-corrected chi connectivity index (χ0v) is 11.4. The average molecular weight is 275 g/mol. The smallest absolute Gasteiger partial charge is 0.228 e. The summed E-state index contributed by atoms with van der Waals surface area (Å²) in [7, 11) is 0. The maximum absolute atomic E-state index is 11.9. The highest BCUT2D eigenvalue weighted by Gasteiger charge is 2.06. The van der Waals surface area contributed by atoms with Gasteiger partial charge in [-0.25, -0.2) is 0 Å². The van der Waals surface area contributed by atoms with E-state index >= 15 is 0 Å². The third-order valence-electron chi connectivity index (χ3n) is 2.82. The second-order valence-corrected chi connectivity index (χ2v) is 4.86. The molecule has 0 saturated carbocycles. The van der Waals surface area contributed by atoms with Crippen molar-refractivity contribution >= 4 is 28.9 Å². The van der Waals surface area contributed by atoms with Gasteiger partial charge in [-0.1, -0.05) is 29.8 Å². The summed E-state index contributed by atoms with van der Waals surface area (Å²) in [6, 6.07) is 12.7. The Morgan fingerprint density at radius 1 is 1.21 bits per heavy atom. The van der Waals surface area contributed by atoms with Gasteiger partial charge >= 0.3 is 0 Å². The highest BCUT2D eigenvalue weighted by Crippen LogP contribution is 2.20. The number of hydrogen-bond acceptors (Lipinski definition) is 2. The number of amides is 1. The third kappa shape index (κ3) is 3.73. The summed E-state index contributed by atoms with van der Waals surface area (Å²) in [6.07, 6.45) is 0.312. The van der Waals surface area contributed by atoms with Gasteiger partial charge in [-0.3, -0.25) is 4.79 Å². The fourth-order valence-electron chi connectivity index (χ4n) is 1.74. The van der Waals surface area contributed by atoms with Crippen LogP contribution in [0.25, 0.3) is 0 Å². The normalized spacial score (nSPS) is 10.2. The van der Waals surface area contributed by atoms with E-state index in [1.165, 1.54) is 0 Å². The van der Waals surface area contributed by atoms with Crippen LogP contribution in [0.5, 0.6) is 0 Å². The lowest BCUT2D eigenvalue weighted by Crippen LogP contribution is -2.15. The molecule has 2 aromatic rings. The Kier molecular flexibility index (Phi) is 4.07. The van der Waals surface area contributed by atoms with Crippen molar-refractivity contribution in [2.45, 2.75) is 13.3 Å². The van der Waals surface area contributed by atoms with Crippen molar-refractivity contribution in [2.75, 3.05) is 11.1 Å². The van der Waals surface area contributed by atoms with Gasteiger partial charge in [-0.2, -0.15) is 0 Å². The molecule has 3 nitrogen and oxygen atoms in total. The Morgan fingerprint density at radius 2 is 1.89 bits per heavy atom. The maximum Gasteiger partial charge on any atom is 0.228 e. The molecule has 3 N–H and O–H groups in total. The number of benzene rings is 2. The monoisotopic (exact) mass is 274 g/mol. The zero-order valence-electron chi connectivity index (χ0n) is 10.6. The summed E-state index contributed by atoms with van der Waals surface area (Å²) >= 11 is 5.91. The van der Waals surface area contributed by atoms with Gasteiger partial charge in [0.25, 0.3) is 0 Å². The van der Waals surface area contributed by atoms with Gasteiger partial charge in [0.05, 0.1) is 6.42 Å². The summed E-state index contributed by atoms with van der Waals surface area (Å²) in [6.45, 7) is 1.93. The molecular weight excluding hydrogens is 260 g/mol. The van der Waals surface area contributed by atoms with Crippen LogP contribution < -0.4 is 11.1 Å². The molecule has 19 heavy (non-hydrogen) atoms. The number of carbonyl (C=O) groups is 1. The van der Waals surface area contributed by atoms with Crippen molar-refractivity contribution in [3.05, 3.63) is 58.6 Å². The van der Waals surface area contributed by atoms with Crippen molar-refractivity contribution in [1.82, 2.24) is 0 Å². The highest BCUT2D eigenvalue weighted by atomic mass is 35.5. The summed E-state index contributed by atoms with van der Waals surface area (Å²) in [5.74, 6) is -0.0739. The van der Waals surface area contributed by atoms with E-state index in [0.29, 0.717) is 17.1 Å². The maximum atomic E-state index is 11.9. The molecule has 0 aliphatic carbocycles. The number of rotatable bonds is 3. The van der Waals surface area contributed by atoms with Crippen LogP contribution in [0.3, 0.4) is 0 Å². The second-order valence-electron chi connectivity index (χ2n) is 4.43. The molecule has 98 valence electrons. The van der Waals surface area contributed by atoms with E-state index < -0.39 is 0 Å². The van der Waals surface area contributed by atoms with Gasteiger partial charge in [0, 0.05) is 16.4 Å². The fraction of sp³-hybridized carbons (Fsp3) is 0.133. The second kappa shape index (κ2) is 5.76. The van der Waals surface area contributed by atoms with Crippen LogP contribution in [-0.4, -0.2) is 5.91 Å². The van der Waals surface area contributed by atoms with Gasteiger partial charge in [-0.05, 0) is 42.3 Å². The molecule has 0 aliphatic heterocycles. The zero-order chi connectivity index (χ0) is 13.8. The first-order chi connectivity index (χ1) is 9.04. The molecule has 0 aromatic heterocycles. The summed E-state index contributed by atoms with van der Waals surface area (Å²) in [5, 5.41) is 3.46. The van der Waals surface area contributed by atoms with Crippen LogP contribution in [0.1, 0.15) is 11.1 Å². The molecule has 0 atom stereocenters. The molecular formula is C15H15ClN2O. The van der Waals surface area contributed by atoms with Gasteiger partial charge in [-0.15, -0.1) is 0 Å². The number of nitrogen functional groups attached to an aromatic ring is 1. The lowest BCUT2D eigenvalue weighted by atomic mass is 10.1. The van der Waals surface area contributed by atoms with Crippen LogP contribution in [0.15, 0.2) is 42.5 Å². The van der Waals surface area contributed by atoms with Crippen LogP contribution in [-0.2, 0) is 11.2 Å². The SMILES string of the molecule is Cc1ccc(Cl)cc1NC(=O)Cc1ccc(N)cc1. The molecule has 0 heterocycles.